The summed E-state index contributed by atoms with van der Waals surface area (Å²) in [5, 5.41) is 7.63. The topological polar surface area (TPSA) is 92.5 Å². The van der Waals surface area contributed by atoms with Crippen LogP contribution in [0.25, 0.3) is 0 Å². The maximum atomic E-state index is 13.6. The van der Waals surface area contributed by atoms with E-state index in [9.17, 15) is 22.0 Å². The van der Waals surface area contributed by atoms with Crippen LogP contribution in [-0.4, -0.2) is 32.8 Å². The minimum absolute atomic E-state index is 0.0980. The SMILES string of the molecule is CN(CCC(=O)Nc1cccc(S(N)(=O)=O)c1)Cc1ccc(F)cc1F. The second kappa shape index (κ2) is 8.35. The minimum Gasteiger partial charge on any atom is -0.326 e. The average molecular weight is 383 g/mol. The average Bonchev–Trinajstić information content (AvgIpc) is 2.55. The molecule has 0 aliphatic carbocycles. The van der Waals surface area contributed by atoms with Crippen LogP contribution < -0.4 is 10.5 Å². The van der Waals surface area contributed by atoms with E-state index in [0.717, 1.165) is 6.07 Å². The van der Waals surface area contributed by atoms with Gasteiger partial charge in [0.2, 0.25) is 15.9 Å². The Morgan fingerprint density at radius 3 is 2.58 bits per heavy atom. The second-order valence-electron chi connectivity index (χ2n) is 5.84. The van der Waals surface area contributed by atoms with Crippen molar-refractivity contribution in [2.24, 2.45) is 5.14 Å². The van der Waals surface area contributed by atoms with E-state index in [-0.39, 0.29) is 23.8 Å². The van der Waals surface area contributed by atoms with Crippen molar-refractivity contribution in [3.05, 3.63) is 59.7 Å². The van der Waals surface area contributed by atoms with Crippen molar-refractivity contribution in [2.45, 2.75) is 17.9 Å². The van der Waals surface area contributed by atoms with Gasteiger partial charge in [0.05, 0.1) is 4.90 Å². The predicted molar refractivity (Wildman–Crippen MR) is 93.8 cm³/mol. The number of primary sulfonamides is 1. The largest absolute Gasteiger partial charge is 0.326 e. The van der Waals surface area contributed by atoms with Crippen molar-refractivity contribution >= 4 is 21.6 Å². The molecular formula is C17H19F2N3O3S. The Hall–Kier alpha value is -2.36. The van der Waals surface area contributed by atoms with Crippen molar-refractivity contribution < 1.29 is 22.0 Å². The molecule has 140 valence electrons. The van der Waals surface area contributed by atoms with Crippen LogP contribution in [-0.2, 0) is 21.4 Å². The van der Waals surface area contributed by atoms with Gasteiger partial charge in [0, 0.05) is 36.8 Å². The number of hydrogen-bond donors (Lipinski definition) is 2. The fourth-order valence-electron chi connectivity index (χ4n) is 2.29. The number of rotatable bonds is 7. The third-order valence-corrected chi connectivity index (χ3v) is 4.53. The predicted octanol–water partition coefficient (Wildman–Crippen LogP) is 2.07. The monoisotopic (exact) mass is 383 g/mol. The highest BCUT2D eigenvalue weighted by atomic mass is 32.2. The Morgan fingerprint density at radius 2 is 1.92 bits per heavy atom. The van der Waals surface area contributed by atoms with Crippen LogP contribution in [0.15, 0.2) is 47.4 Å². The van der Waals surface area contributed by atoms with Crippen LogP contribution in [0, 0.1) is 11.6 Å². The van der Waals surface area contributed by atoms with Crippen LogP contribution in [0.2, 0.25) is 0 Å². The quantitative estimate of drug-likeness (QED) is 0.766. The van der Waals surface area contributed by atoms with Crippen molar-refractivity contribution in [3.63, 3.8) is 0 Å². The normalized spacial score (nSPS) is 11.6. The Labute approximate surface area is 150 Å². The number of benzene rings is 2. The molecule has 0 saturated carbocycles. The zero-order chi connectivity index (χ0) is 19.3. The van der Waals surface area contributed by atoms with Crippen molar-refractivity contribution in [1.29, 1.82) is 0 Å². The summed E-state index contributed by atoms with van der Waals surface area (Å²) in [5.41, 5.74) is 0.643. The van der Waals surface area contributed by atoms with Gasteiger partial charge in [0.1, 0.15) is 11.6 Å². The van der Waals surface area contributed by atoms with E-state index >= 15 is 0 Å². The lowest BCUT2D eigenvalue weighted by atomic mass is 10.2. The van der Waals surface area contributed by atoms with Gasteiger partial charge in [-0.05, 0) is 31.3 Å². The Balaban J connectivity index is 1.88. The first kappa shape index (κ1) is 20.0. The number of nitrogens with zero attached hydrogens (tertiary/aromatic N) is 1. The summed E-state index contributed by atoms with van der Waals surface area (Å²) in [7, 11) is -2.14. The van der Waals surface area contributed by atoms with Crippen LogP contribution in [0.5, 0.6) is 0 Å². The highest BCUT2D eigenvalue weighted by Crippen LogP contribution is 2.15. The first-order valence-electron chi connectivity index (χ1n) is 7.70. The molecule has 0 bridgehead atoms. The molecule has 0 spiro atoms. The molecule has 0 heterocycles. The molecule has 3 N–H and O–H groups in total. The lowest BCUT2D eigenvalue weighted by Crippen LogP contribution is -2.24. The smallest absolute Gasteiger partial charge is 0.238 e. The number of hydrogen-bond acceptors (Lipinski definition) is 4. The van der Waals surface area contributed by atoms with Gasteiger partial charge in [0.15, 0.2) is 0 Å². The van der Waals surface area contributed by atoms with Crippen LogP contribution in [0.1, 0.15) is 12.0 Å². The van der Waals surface area contributed by atoms with Gasteiger partial charge in [-0.3, -0.25) is 4.79 Å². The maximum Gasteiger partial charge on any atom is 0.238 e. The molecule has 2 aromatic carbocycles. The molecule has 6 nitrogen and oxygen atoms in total. The number of amides is 1. The van der Waals surface area contributed by atoms with Gasteiger partial charge in [0.25, 0.3) is 0 Å². The molecule has 2 rings (SSSR count). The van der Waals surface area contributed by atoms with Crippen molar-refractivity contribution in [2.75, 3.05) is 18.9 Å². The number of nitrogens with one attached hydrogen (secondary N) is 1. The summed E-state index contributed by atoms with van der Waals surface area (Å²) in [6, 6.07) is 8.97. The van der Waals surface area contributed by atoms with E-state index in [1.54, 1.807) is 18.0 Å². The van der Waals surface area contributed by atoms with Gasteiger partial charge in [-0.2, -0.15) is 0 Å². The zero-order valence-corrected chi connectivity index (χ0v) is 14.9. The van der Waals surface area contributed by atoms with Gasteiger partial charge in [-0.1, -0.05) is 12.1 Å². The lowest BCUT2D eigenvalue weighted by Gasteiger charge is -2.17. The molecular weight excluding hydrogens is 364 g/mol. The van der Waals surface area contributed by atoms with Crippen LogP contribution >= 0.6 is 0 Å². The number of nitrogens with two attached hydrogens (primary N) is 1. The molecule has 0 aliphatic heterocycles. The first-order chi connectivity index (χ1) is 12.1. The standard InChI is InChI=1S/C17H19F2N3O3S/c1-22(11-12-5-6-13(18)9-16(12)19)8-7-17(23)21-14-3-2-4-15(10-14)26(20,24)25/h2-6,9-10H,7-8,11H2,1H3,(H,21,23)(H2,20,24,25). The van der Waals surface area contributed by atoms with E-state index < -0.39 is 21.7 Å². The summed E-state index contributed by atoms with van der Waals surface area (Å²) in [4.78, 5) is 13.6. The maximum absolute atomic E-state index is 13.6. The molecule has 0 fully saturated rings. The van der Waals surface area contributed by atoms with E-state index in [2.05, 4.69) is 5.32 Å². The number of anilines is 1. The zero-order valence-electron chi connectivity index (χ0n) is 14.1. The van der Waals surface area contributed by atoms with E-state index in [0.29, 0.717) is 17.8 Å². The Kier molecular flexibility index (Phi) is 6.41. The molecule has 0 aromatic heterocycles. The van der Waals surface area contributed by atoms with Crippen molar-refractivity contribution in [3.8, 4) is 0 Å². The van der Waals surface area contributed by atoms with Crippen LogP contribution in [0.3, 0.4) is 0 Å². The molecule has 0 unspecified atom stereocenters. The molecule has 1 amide bonds. The molecule has 0 aliphatic rings. The Bertz CT molecular complexity index is 904. The van der Waals surface area contributed by atoms with Crippen molar-refractivity contribution in [1.82, 2.24) is 4.90 Å². The van der Waals surface area contributed by atoms with Gasteiger partial charge >= 0.3 is 0 Å². The number of sulfonamides is 1. The molecule has 0 saturated heterocycles. The molecule has 26 heavy (non-hydrogen) atoms. The van der Waals surface area contributed by atoms with Gasteiger partial charge in [-0.15, -0.1) is 0 Å². The number of halogens is 2. The number of carbonyl (C=O) groups is 1. The minimum atomic E-state index is -3.85. The second-order valence-corrected chi connectivity index (χ2v) is 7.41. The highest BCUT2D eigenvalue weighted by Gasteiger charge is 2.11. The van der Waals surface area contributed by atoms with E-state index in [1.807, 2.05) is 0 Å². The van der Waals surface area contributed by atoms with Gasteiger partial charge in [-0.25, -0.2) is 22.3 Å². The third kappa shape index (κ3) is 5.87. The fourth-order valence-corrected chi connectivity index (χ4v) is 2.85. The van der Waals surface area contributed by atoms with Gasteiger partial charge < -0.3 is 10.2 Å². The van der Waals surface area contributed by atoms with Crippen LogP contribution in [0.4, 0.5) is 14.5 Å². The van der Waals surface area contributed by atoms with E-state index in [1.165, 1.54) is 30.3 Å². The number of carbonyl (C=O) groups excluding carboxylic acids is 1. The van der Waals surface area contributed by atoms with E-state index in [4.69, 9.17) is 5.14 Å². The molecule has 0 atom stereocenters. The summed E-state index contributed by atoms with van der Waals surface area (Å²) in [6.45, 7) is 0.553. The molecule has 2 aromatic rings. The highest BCUT2D eigenvalue weighted by molar-refractivity contribution is 7.89. The summed E-state index contributed by atoms with van der Waals surface area (Å²) in [5.74, 6) is -1.61. The third-order valence-electron chi connectivity index (χ3n) is 3.62. The Morgan fingerprint density at radius 1 is 1.19 bits per heavy atom. The fraction of sp³-hybridized carbons (Fsp3) is 0.235. The first-order valence-corrected chi connectivity index (χ1v) is 9.25. The summed E-state index contributed by atoms with van der Waals surface area (Å²) >= 11 is 0. The molecule has 9 heteroatoms. The lowest BCUT2D eigenvalue weighted by molar-refractivity contribution is -0.116. The molecule has 0 radical (unpaired) electrons. The summed E-state index contributed by atoms with van der Waals surface area (Å²) < 4.78 is 49.1. The summed E-state index contributed by atoms with van der Waals surface area (Å²) in [6.07, 6.45) is 0.110.